The molecule has 0 radical (unpaired) electrons. The molecule has 1 fully saturated rings. The average Bonchev–Trinajstić information content (AvgIpc) is 3.28. The van der Waals surface area contributed by atoms with E-state index in [1.807, 2.05) is 6.07 Å². The first-order valence-corrected chi connectivity index (χ1v) is 10.7. The summed E-state index contributed by atoms with van der Waals surface area (Å²) in [6.45, 7) is 0.299. The first-order chi connectivity index (χ1) is 14.0. The van der Waals surface area contributed by atoms with E-state index in [1.165, 1.54) is 14.2 Å². The summed E-state index contributed by atoms with van der Waals surface area (Å²) in [5.74, 6) is 0.988. The number of hydrogen-bond acceptors (Lipinski definition) is 5. The van der Waals surface area contributed by atoms with Crippen molar-refractivity contribution < 1.29 is 19.1 Å². The van der Waals surface area contributed by atoms with Crippen LogP contribution in [0.3, 0.4) is 0 Å². The fraction of sp³-hybridized carbons (Fsp3) is 0.300. The Morgan fingerprint density at radius 1 is 1.21 bits per heavy atom. The van der Waals surface area contributed by atoms with E-state index in [9.17, 15) is 9.59 Å². The van der Waals surface area contributed by atoms with Crippen molar-refractivity contribution in [2.45, 2.75) is 18.0 Å². The molecule has 2 aliphatic heterocycles. The Bertz CT molecular complexity index is 1000. The molecule has 29 heavy (non-hydrogen) atoms. The van der Waals surface area contributed by atoms with E-state index in [0.29, 0.717) is 39.4 Å². The summed E-state index contributed by atoms with van der Waals surface area (Å²) in [6, 6.07) is 8.28. The first-order valence-electron chi connectivity index (χ1n) is 8.87. The molecule has 9 heteroatoms. The van der Waals surface area contributed by atoms with Gasteiger partial charge >= 0.3 is 0 Å². The maximum Gasteiger partial charge on any atom is 0.260 e. The van der Waals surface area contributed by atoms with Gasteiger partial charge in [0, 0.05) is 17.9 Å². The van der Waals surface area contributed by atoms with Crippen LogP contribution < -0.4 is 14.8 Å². The van der Waals surface area contributed by atoms with Gasteiger partial charge in [-0.25, -0.2) is 0 Å². The minimum Gasteiger partial charge on any atom is -0.493 e. The van der Waals surface area contributed by atoms with Crippen LogP contribution in [-0.4, -0.2) is 42.7 Å². The molecular formula is C20H18Cl2N2O4S. The zero-order valence-corrected chi connectivity index (χ0v) is 18.0. The molecule has 2 heterocycles. The monoisotopic (exact) mass is 452 g/mol. The van der Waals surface area contributed by atoms with Gasteiger partial charge in [-0.15, -0.1) is 11.8 Å². The number of thioether (sulfide) groups is 1. The number of carbonyl (C=O) groups excluding carboxylic acids is 2. The topological polar surface area (TPSA) is 67.9 Å². The lowest BCUT2D eigenvalue weighted by atomic mass is 10.1. The predicted octanol–water partition coefficient (Wildman–Crippen LogP) is 3.90. The smallest absolute Gasteiger partial charge is 0.260 e. The van der Waals surface area contributed by atoms with E-state index in [-0.39, 0.29) is 17.2 Å². The molecule has 0 aliphatic carbocycles. The van der Waals surface area contributed by atoms with Crippen molar-refractivity contribution >= 4 is 46.8 Å². The van der Waals surface area contributed by atoms with Crippen molar-refractivity contribution in [3.05, 3.63) is 57.1 Å². The average molecular weight is 453 g/mol. The molecule has 0 saturated carbocycles. The van der Waals surface area contributed by atoms with E-state index >= 15 is 0 Å². The van der Waals surface area contributed by atoms with Crippen molar-refractivity contribution in [3.8, 4) is 11.5 Å². The summed E-state index contributed by atoms with van der Waals surface area (Å²) >= 11 is 13.5. The van der Waals surface area contributed by atoms with Crippen LogP contribution in [0.2, 0.25) is 10.0 Å². The maximum absolute atomic E-state index is 13.2. The second kappa shape index (κ2) is 7.97. The zero-order valence-electron chi connectivity index (χ0n) is 15.7. The van der Waals surface area contributed by atoms with Crippen molar-refractivity contribution in [3.63, 3.8) is 0 Å². The third-order valence-electron chi connectivity index (χ3n) is 5.05. The number of carbonyl (C=O) groups is 2. The molecule has 2 aromatic rings. The minimum absolute atomic E-state index is 0.210. The Labute approximate surface area is 182 Å². The van der Waals surface area contributed by atoms with Gasteiger partial charge in [-0.3, -0.25) is 9.59 Å². The zero-order chi connectivity index (χ0) is 20.7. The molecule has 6 nitrogen and oxygen atoms in total. The molecule has 2 aromatic carbocycles. The van der Waals surface area contributed by atoms with Gasteiger partial charge in [0.15, 0.2) is 11.5 Å². The molecule has 1 N–H and O–H groups in total. The highest BCUT2D eigenvalue weighted by atomic mass is 35.5. The number of fused-ring (bicyclic) bond motifs is 3. The van der Waals surface area contributed by atoms with Crippen molar-refractivity contribution in [1.82, 2.24) is 10.2 Å². The number of methoxy groups -OCH3 is 2. The highest BCUT2D eigenvalue weighted by molar-refractivity contribution is 7.99. The predicted molar refractivity (Wildman–Crippen MR) is 113 cm³/mol. The molecule has 2 atom stereocenters. The molecule has 0 aromatic heterocycles. The van der Waals surface area contributed by atoms with Crippen LogP contribution in [0.25, 0.3) is 0 Å². The highest BCUT2D eigenvalue weighted by Crippen LogP contribution is 2.52. The second-order valence-electron chi connectivity index (χ2n) is 6.65. The Morgan fingerprint density at radius 3 is 2.69 bits per heavy atom. The summed E-state index contributed by atoms with van der Waals surface area (Å²) in [5.41, 5.74) is 2.14. The number of nitrogens with zero attached hydrogens (tertiary/aromatic N) is 1. The fourth-order valence-corrected chi connectivity index (χ4v) is 5.43. The Morgan fingerprint density at radius 2 is 2.00 bits per heavy atom. The van der Waals surface area contributed by atoms with Crippen LogP contribution in [0.5, 0.6) is 11.5 Å². The summed E-state index contributed by atoms with van der Waals surface area (Å²) < 4.78 is 10.7. The number of hydrogen-bond donors (Lipinski definition) is 1. The van der Waals surface area contributed by atoms with Crippen molar-refractivity contribution in [2.75, 3.05) is 20.0 Å². The summed E-state index contributed by atoms with van der Waals surface area (Å²) in [7, 11) is 3.03. The summed E-state index contributed by atoms with van der Waals surface area (Å²) in [5, 5.41) is 3.58. The minimum atomic E-state index is -0.566. The van der Waals surface area contributed by atoms with E-state index in [2.05, 4.69) is 5.32 Å². The van der Waals surface area contributed by atoms with Crippen LogP contribution in [0.4, 0.5) is 0 Å². The van der Waals surface area contributed by atoms with Crippen LogP contribution in [0.15, 0.2) is 30.3 Å². The maximum atomic E-state index is 13.2. The van der Waals surface area contributed by atoms with E-state index in [4.69, 9.17) is 32.7 Å². The number of nitrogens with one attached hydrogen (secondary N) is 1. The quantitative estimate of drug-likeness (QED) is 0.744. The Kier molecular flexibility index (Phi) is 5.55. The number of rotatable bonds is 5. The first kappa shape index (κ1) is 20.2. The largest absolute Gasteiger partial charge is 0.493 e. The second-order valence-corrected chi connectivity index (χ2v) is 8.57. The molecule has 2 amide bonds. The Hall–Kier alpha value is -2.09. The van der Waals surface area contributed by atoms with Gasteiger partial charge in [-0.2, -0.15) is 0 Å². The third-order valence-corrected chi connectivity index (χ3v) is 7.09. The third kappa shape index (κ3) is 3.41. The lowest BCUT2D eigenvalue weighted by molar-refractivity contribution is -0.124. The van der Waals surface area contributed by atoms with Gasteiger partial charge in [0.1, 0.15) is 11.4 Å². The molecular weight excluding hydrogens is 435 g/mol. The Balaban J connectivity index is 1.53. The molecule has 1 saturated heterocycles. The van der Waals surface area contributed by atoms with Gasteiger partial charge in [0.05, 0.1) is 29.8 Å². The number of benzene rings is 2. The lowest BCUT2D eigenvalue weighted by Crippen LogP contribution is -2.45. The van der Waals surface area contributed by atoms with E-state index in [1.54, 1.807) is 40.9 Å². The van der Waals surface area contributed by atoms with Crippen LogP contribution >= 0.6 is 35.0 Å². The molecule has 2 unspecified atom stereocenters. The molecule has 0 bridgehead atoms. The molecule has 4 rings (SSSR count). The van der Waals surface area contributed by atoms with Crippen LogP contribution in [-0.2, 0) is 11.3 Å². The van der Waals surface area contributed by atoms with Crippen LogP contribution in [0.1, 0.15) is 26.9 Å². The van der Waals surface area contributed by atoms with Crippen molar-refractivity contribution in [1.29, 1.82) is 0 Å². The normalized spacial score (nSPS) is 19.7. The van der Waals surface area contributed by atoms with Gasteiger partial charge < -0.3 is 19.7 Å². The van der Waals surface area contributed by atoms with Gasteiger partial charge in [-0.1, -0.05) is 35.3 Å². The number of ether oxygens (including phenoxy) is 2. The summed E-state index contributed by atoms with van der Waals surface area (Å²) in [4.78, 5) is 27.6. The highest BCUT2D eigenvalue weighted by Gasteiger charge is 2.50. The lowest BCUT2D eigenvalue weighted by Gasteiger charge is -2.22. The molecule has 2 aliphatic rings. The van der Waals surface area contributed by atoms with Gasteiger partial charge in [-0.05, 0) is 23.8 Å². The number of halogens is 2. The summed E-state index contributed by atoms with van der Waals surface area (Å²) in [6.07, 6.45) is 0. The SMILES string of the molecule is COc1ccc2c(c1OC)C(=O)N1C(C(=O)NCc3ccc(Cl)c(Cl)c3)CSC21. The van der Waals surface area contributed by atoms with Gasteiger partial charge in [0.2, 0.25) is 5.91 Å². The van der Waals surface area contributed by atoms with E-state index < -0.39 is 6.04 Å². The number of amides is 2. The van der Waals surface area contributed by atoms with Crippen molar-refractivity contribution in [2.24, 2.45) is 0 Å². The van der Waals surface area contributed by atoms with E-state index in [0.717, 1.165) is 11.1 Å². The van der Waals surface area contributed by atoms with Crippen LogP contribution in [0, 0.1) is 0 Å². The molecule has 0 spiro atoms. The standard InChI is InChI=1S/C20H18Cl2N2O4S/c1-27-15-6-4-11-16(17(15)28-2)19(26)24-14(9-29-20(11)24)18(25)23-8-10-3-5-12(21)13(22)7-10/h3-7,14,20H,8-9H2,1-2H3,(H,23,25). The van der Waals surface area contributed by atoms with Gasteiger partial charge in [0.25, 0.3) is 5.91 Å². The molecule has 152 valence electrons. The fourth-order valence-electron chi connectivity index (χ4n) is 3.65.